The van der Waals surface area contributed by atoms with Gasteiger partial charge in [0.05, 0.1) is 5.92 Å². The maximum atomic E-state index is 12.4. The third kappa shape index (κ3) is 5.61. The molecule has 0 aliphatic carbocycles. The van der Waals surface area contributed by atoms with Gasteiger partial charge in [-0.25, -0.2) is 4.98 Å². The van der Waals surface area contributed by atoms with Crippen molar-refractivity contribution in [1.82, 2.24) is 9.88 Å². The van der Waals surface area contributed by atoms with Crippen molar-refractivity contribution in [1.29, 1.82) is 0 Å². The predicted molar refractivity (Wildman–Crippen MR) is 94.4 cm³/mol. The summed E-state index contributed by atoms with van der Waals surface area (Å²) in [5.74, 6) is 2.11. The number of hydrogen-bond acceptors (Lipinski definition) is 4. The first kappa shape index (κ1) is 17.3. The van der Waals surface area contributed by atoms with Crippen molar-refractivity contribution < 1.29 is 4.79 Å². The normalized spacial score (nSPS) is 19.1. The summed E-state index contributed by atoms with van der Waals surface area (Å²) in [5, 5.41) is 2.97. The van der Waals surface area contributed by atoms with E-state index < -0.39 is 0 Å². The number of carbonyl (C=O) groups excluding carboxylic acids is 1. The number of rotatable bonds is 7. The van der Waals surface area contributed by atoms with E-state index in [1.54, 1.807) is 0 Å². The van der Waals surface area contributed by atoms with Gasteiger partial charge in [-0.05, 0) is 69.8 Å². The van der Waals surface area contributed by atoms with Crippen LogP contribution in [0.2, 0.25) is 0 Å². The fraction of sp³-hybridized carbons (Fsp3) is 0.647. The lowest BCUT2D eigenvalue weighted by molar-refractivity contribution is -0.121. The molecule has 5 heteroatoms. The molecule has 1 aliphatic heterocycles. The van der Waals surface area contributed by atoms with Gasteiger partial charge in [0.1, 0.15) is 5.82 Å². The Labute approximate surface area is 138 Å². The lowest BCUT2D eigenvalue weighted by atomic mass is 9.97. The quantitative estimate of drug-likeness (QED) is 0.784. The number of piperidine rings is 1. The number of likely N-dealkylation sites (tertiary alicyclic amines) is 1. The van der Waals surface area contributed by atoms with Gasteiger partial charge in [-0.15, -0.1) is 0 Å². The predicted octanol–water partition coefficient (Wildman–Crippen LogP) is 3.18. The molecule has 0 saturated carbocycles. The van der Waals surface area contributed by atoms with Crippen LogP contribution in [-0.4, -0.2) is 47.4 Å². The third-order valence-corrected chi connectivity index (χ3v) is 4.79. The van der Waals surface area contributed by atoms with Gasteiger partial charge in [-0.1, -0.05) is 6.07 Å². The van der Waals surface area contributed by atoms with E-state index in [-0.39, 0.29) is 11.8 Å². The number of nitrogens with one attached hydrogen (secondary N) is 1. The first-order valence-electron chi connectivity index (χ1n) is 8.15. The fourth-order valence-corrected chi connectivity index (χ4v) is 3.39. The summed E-state index contributed by atoms with van der Waals surface area (Å²) in [6.07, 6.45) is 6.75. The average Bonchev–Trinajstić information content (AvgIpc) is 2.52. The standard InChI is InChI=1S/C17H27N3OS/c1-14-7-5-9-16(18-14)19-17(21)15-8-6-11-20(13-15)10-3-4-12-22-2/h5,7,9,15H,3-4,6,8,10-13H2,1-2H3,(H,18,19,21)/t15-/m0/s1. The van der Waals surface area contributed by atoms with Gasteiger partial charge >= 0.3 is 0 Å². The van der Waals surface area contributed by atoms with Crippen LogP contribution in [-0.2, 0) is 4.79 Å². The summed E-state index contributed by atoms with van der Waals surface area (Å²) in [7, 11) is 0. The Hall–Kier alpha value is -1.07. The summed E-state index contributed by atoms with van der Waals surface area (Å²) < 4.78 is 0. The Morgan fingerprint density at radius 1 is 1.45 bits per heavy atom. The number of hydrogen-bond donors (Lipinski definition) is 1. The Morgan fingerprint density at radius 3 is 3.09 bits per heavy atom. The van der Waals surface area contributed by atoms with Crippen LogP contribution in [0.5, 0.6) is 0 Å². The molecule has 1 N–H and O–H groups in total. The molecular formula is C17H27N3OS. The first-order chi connectivity index (χ1) is 10.7. The molecule has 1 amide bonds. The number of amides is 1. The highest BCUT2D eigenvalue weighted by Crippen LogP contribution is 2.19. The molecular weight excluding hydrogens is 294 g/mol. The lowest BCUT2D eigenvalue weighted by Gasteiger charge is -2.31. The molecule has 4 nitrogen and oxygen atoms in total. The van der Waals surface area contributed by atoms with Gasteiger partial charge in [-0.2, -0.15) is 11.8 Å². The monoisotopic (exact) mass is 321 g/mol. The van der Waals surface area contributed by atoms with Crippen LogP contribution >= 0.6 is 11.8 Å². The average molecular weight is 321 g/mol. The summed E-state index contributed by atoms with van der Waals surface area (Å²) in [4.78, 5) is 19.2. The molecule has 1 saturated heterocycles. The van der Waals surface area contributed by atoms with Crippen molar-refractivity contribution in [2.45, 2.75) is 32.6 Å². The molecule has 122 valence electrons. The van der Waals surface area contributed by atoms with E-state index in [1.807, 2.05) is 36.9 Å². The Bertz CT molecular complexity index is 481. The van der Waals surface area contributed by atoms with Gasteiger partial charge in [0.2, 0.25) is 5.91 Å². The van der Waals surface area contributed by atoms with Crippen LogP contribution in [0, 0.1) is 12.8 Å². The van der Waals surface area contributed by atoms with Crippen LogP contribution in [0.4, 0.5) is 5.82 Å². The van der Waals surface area contributed by atoms with Crippen LogP contribution in [0.3, 0.4) is 0 Å². The molecule has 1 aliphatic rings. The van der Waals surface area contributed by atoms with Crippen molar-refractivity contribution >= 4 is 23.5 Å². The lowest BCUT2D eigenvalue weighted by Crippen LogP contribution is -2.41. The van der Waals surface area contributed by atoms with Crippen molar-refractivity contribution in [2.24, 2.45) is 5.92 Å². The number of carbonyl (C=O) groups is 1. The highest BCUT2D eigenvalue weighted by Gasteiger charge is 2.25. The molecule has 1 aromatic heterocycles. The number of aromatic nitrogens is 1. The summed E-state index contributed by atoms with van der Waals surface area (Å²) in [6.45, 7) is 5.07. The molecule has 0 spiro atoms. The molecule has 0 radical (unpaired) electrons. The third-order valence-electron chi connectivity index (χ3n) is 4.09. The van der Waals surface area contributed by atoms with Crippen LogP contribution in [0.25, 0.3) is 0 Å². The highest BCUT2D eigenvalue weighted by atomic mass is 32.2. The summed E-state index contributed by atoms with van der Waals surface area (Å²) >= 11 is 1.91. The number of unbranched alkanes of at least 4 members (excludes halogenated alkanes) is 1. The van der Waals surface area contributed by atoms with E-state index in [4.69, 9.17) is 0 Å². The number of thioether (sulfide) groups is 1. The number of anilines is 1. The molecule has 22 heavy (non-hydrogen) atoms. The molecule has 0 aromatic carbocycles. The zero-order chi connectivity index (χ0) is 15.8. The highest BCUT2D eigenvalue weighted by molar-refractivity contribution is 7.98. The SMILES string of the molecule is CSCCCCN1CCC[C@H](C(=O)Nc2cccc(C)n2)C1. The Morgan fingerprint density at radius 2 is 2.32 bits per heavy atom. The van der Waals surface area contributed by atoms with Crippen LogP contribution < -0.4 is 5.32 Å². The minimum absolute atomic E-state index is 0.0941. The first-order valence-corrected chi connectivity index (χ1v) is 9.54. The van der Waals surface area contributed by atoms with Crippen LogP contribution in [0.1, 0.15) is 31.4 Å². The van der Waals surface area contributed by atoms with E-state index in [2.05, 4.69) is 21.5 Å². The summed E-state index contributed by atoms with van der Waals surface area (Å²) in [5.41, 5.74) is 0.928. The van der Waals surface area contributed by atoms with Gasteiger partial charge in [0.15, 0.2) is 0 Å². The van der Waals surface area contributed by atoms with Gasteiger partial charge in [0, 0.05) is 12.2 Å². The molecule has 0 unspecified atom stereocenters. The second kappa shape index (κ2) is 9.16. The zero-order valence-electron chi connectivity index (χ0n) is 13.7. The van der Waals surface area contributed by atoms with Crippen molar-refractivity contribution in [2.75, 3.05) is 37.0 Å². The molecule has 1 fully saturated rings. The van der Waals surface area contributed by atoms with E-state index in [1.165, 1.54) is 18.6 Å². The molecule has 1 aromatic rings. The van der Waals surface area contributed by atoms with Crippen LogP contribution in [0.15, 0.2) is 18.2 Å². The maximum Gasteiger partial charge on any atom is 0.229 e. The molecule has 2 heterocycles. The van der Waals surface area contributed by atoms with Gasteiger partial charge in [0.25, 0.3) is 0 Å². The van der Waals surface area contributed by atoms with E-state index in [0.717, 1.165) is 38.2 Å². The van der Waals surface area contributed by atoms with E-state index in [9.17, 15) is 4.79 Å². The summed E-state index contributed by atoms with van der Waals surface area (Å²) in [6, 6.07) is 5.72. The molecule has 0 bridgehead atoms. The number of nitrogens with zero attached hydrogens (tertiary/aromatic N) is 2. The fourth-order valence-electron chi connectivity index (χ4n) is 2.90. The zero-order valence-corrected chi connectivity index (χ0v) is 14.5. The van der Waals surface area contributed by atoms with Crippen molar-refractivity contribution in [3.05, 3.63) is 23.9 Å². The number of aryl methyl sites for hydroxylation is 1. The smallest absolute Gasteiger partial charge is 0.229 e. The molecule has 2 rings (SSSR count). The maximum absolute atomic E-state index is 12.4. The Kier molecular flexibility index (Phi) is 7.19. The second-order valence-electron chi connectivity index (χ2n) is 5.99. The largest absolute Gasteiger partial charge is 0.310 e. The molecule has 1 atom stereocenters. The van der Waals surface area contributed by atoms with E-state index >= 15 is 0 Å². The van der Waals surface area contributed by atoms with Crippen molar-refractivity contribution in [3.8, 4) is 0 Å². The minimum Gasteiger partial charge on any atom is -0.310 e. The topological polar surface area (TPSA) is 45.2 Å². The Balaban J connectivity index is 1.79. The van der Waals surface area contributed by atoms with E-state index in [0.29, 0.717) is 5.82 Å². The minimum atomic E-state index is 0.0941. The second-order valence-corrected chi connectivity index (χ2v) is 6.98. The van der Waals surface area contributed by atoms with Crippen molar-refractivity contribution in [3.63, 3.8) is 0 Å². The van der Waals surface area contributed by atoms with Gasteiger partial charge < -0.3 is 10.2 Å². The van der Waals surface area contributed by atoms with Gasteiger partial charge in [-0.3, -0.25) is 4.79 Å². The number of pyridine rings is 1.